The van der Waals surface area contributed by atoms with Crippen LogP contribution in [0.1, 0.15) is 41.4 Å². The topological polar surface area (TPSA) is 179 Å². The Hall–Kier alpha value is -6.84. The molecule has 0 atom stereocenters. The highest BCUT2D eigenvalue weighted by molar-refractivity contribution is 5.92. The van der Waals surface area contributed by atoms with E-state index in [9.17, 15) is 19.2 Å². The zero-order valence-corrected chi connectivity index (χ0v) is 27.6. The van der Waals surface area contributed by atoms with Crippen LogP contribution in [0.4, 0.5) is 0 Å². The minimum atomic E-state index is -1.64. The Bertz CT molecular complexity index is 1810. The molecule has 272 valence electrons. The first-order chi connectivity index (χ1) is 25.8. The summed E-state index contributed by atoms with van der Waals surface area (Å²) in [5, 5.41) is 0. The lowest BCUT2D eigenvalue weighted by atomic mass is 9.92. The summed E-state index contributed by atoms with van der Waals surface area (Å²) < 4.78 is 65.8. The highest BCUT2D eigenvalue weighted by Gasteiger charge is 2.39. The first-order valence-electron chi connectivity index (χ1n) is 16.1. The molecular formula is C37H28O16. The third kappa shape index (κ3) is 7.06. The van der Waals surface area contributed by atoms with E-state index in [4.69, 9.17) is 56.8 Å². The van der Waals surface area contributed by atoms with Crippen molar-refractivity contribution < 1.29 is 76.0 Å². The van der Waals surface area contributed by atoms with Gasteiger partial charge in [0.05, 0.1) is 22.3 Å². The molecule has 8 rings (SSSR count). The Balaban J connectivity index is 1.06. The van der Waals surface area contributed by atoms with Gasteiger partial charge < -0.3 is 56.8 Å². The number of hydrogen-bond acceptors (Lipinski definition) is 16. The van der Waals surface area contributed by atoms with Crippen LogP contribution in [0.15, 0.2) is 72.8 Å². The first-order valence-corrected chi connectivity index (χ1v) is 16.1. The molecule has 0 saturated carbocycles. The zero-order valence-electron chi connectivity index (χ0n) is 27.6. The van der Waals surface area contributed by atoms with E-state index in [-0.39, 0.29) is 49.4 Å². The van der Waals surface area contributed by atoms with Crippen LogP contribution in [0.25, 0.3) is 0 Å². The smallest absolute Gasteiger partial charge is 0.338 e. The van der Waals surface area contributed by atoms with E-state index in [0.717, 1.165) is 0 Å². The molecule has 4 aliphatic rings. The maximum absolute atomic E-state index is 13.4. The number of carbonyl (C=O) groups excluding carboxylic acids is 4. The van der Waals surface area contributed by atoms with E-state index >= 15 is 0 Å². The summed E-state index contributed by atoms with van der Waals surface area (Å²) in [6, 6.07) is 18.0. The Labute approximate surface area is 299 Å². The fourth-order valence-electron chi connectivity index (χ4n) is 5.55. The molecule has 16 nitrogen and oxygen atoms in total. The Morgan fingerprint density at radius 1 is 0.377 bits per heavy atom. The molecule has 0 N–H and O–H groups in total. The molecule has 4 aliphatic heterocycles. The molecule has 0 radical (unpaired) electrons. The van der Waals surface area contributed by atoms with Crippen molar-refractivity contribution in [2.45, 2.75) is 0 Å². The molecule has 0 bridgehead atoms. The molecule has 0 spiro atoms. The van der Waals surface area contributed by atoms with Gasteiger partial charge in [-0.1, -0.05) is 0 Å². The molecule has 0 amide bonds. The van der Waals surface area contributed by atoms with Gasteiger partial charge in [0.15, 0.2) is 46.0 Å². The van der Waals surface area contributed by atoms with Crippen LogP contribution in [0.3, 0.4) is 0 Å². The summed E-state index contributed by atoms with van der Waals surface area (Å²) in [5.74, 6) is 0.0364. The molecule has 0 aliphatic carbocycles. The van der Waals surface area contributed by atoms with Crippen molar-refractivity contribution in [2.24, 2.45) is 5.41 Å². The van der Waals surface area contributed by atoms with Gasteiger partial charge in [-0.3, -0.25) is 0 Å². The Morgan fingerprint density at radius 2 is 0.604 bits per heavy atom. The monoisotopic (exact) mass is 728 g/mol. The van der Waals surface area contributed by atoms with Gasteiger partial charge in [0, 0.05) is 0 Å². The second-order valence-corrected chi connectivity index (χ2v) is 12.1. The minimum absolute atomic E-state index is 0.00481. The number of carbonyl (C=O) groups is 4. The standard InChI is InChI=1S/C37H28O16/c38-33(21-1-5-25-29(9-21)50-17-46-25)42-13-37(14-43-34(39)22-2-6-26-30(10-22)51-18-47-26,15-44-35(40)23-3-7-27-31(11-23)52-19-48-27)16-45-36(41)24-4-8-28-32(12-24)53-20-49-28/h1-12H,13-20H2. The summed E-state index contributed by atoms with van der Waals surface area (Å²) in [5.41, 5.74) is -1.16. The number of hydrogen-bond donors (Lipinski definition) is 0. The Kier molecular flexibility index (Phi) is 8.83. The van der Waals surface area contributed by atoms with Crippen molar-refractivity contribution in [1.82, 2.24) is 0 Å². The van der Waals surface area contributed by atoms with Gasteiger partial charge in [-0.05, 0) is 72.8 Å². The number of benzene rings is 4. The number of esters is 4. The van der Waals surface area contributed by atoms with Crippen LogP contribution in [0, 0.1) is 5.41 Å². The summed E-state index contributed by atoms with van der Waals surface area (Å²) in [7, 11) is 0. The molecule has 4 aromatic carbocycles. The van der Waals surface area contributed by atoms with Crippen molar-refractivity contribution >= 4 is 23.9 Å². The third-order valence-electron chi connectivity index (χ3n) is 8.47. The lowest BCUT2D eigenvalue weighted by Crippen LogP contribution is -2.44. The normalized spacial score (nSPS) is 14.0. The number of fused-ring (bicyclic) bond motifs is 4. The maximum atomic E-state index is 13.4. The van der Waals surface area contributed by atoms with Gasteiger partial charge >= 0.3 is 23.9 Å². The first kappa shape index (κ1) is 33.3. The van der Waals surface area contributed by atoms with Gasteiger partial charge in [0.1, 0.15) is 31.8 Å². The SMILES string of the molecule is O=C(OCC(COC(=O)c1ccc2c(c1)OCO2)(COC(=O)c1ccc2c(c1)OCO2)COC(=O)c1ccc2c(c1)OCO2)c1ccc2c(c1)OCO2. The average Bonchev–Trinajstić information content (AvgIpc) is 4.02. The molecule has 53 heavy (non-hydrogen) atoms. The van der Waals surface area contributed by atoms with Crippen LogP contribution < -0.4 is 37.9 Å². The third-order valence-corrected chi connectivity index (χ3v) is 8.47. The van der Waals surface area contributed by atoms with E-state index in [1.807, 2.05) is 0 Å². The van der Waals surface area contributed by atoms with Crippen LogP contribution in [-0.2, 0) is 18.9 Å². The van der Waals surface area contributed by atoms with E-state index in [2.05, 4.69) is 0 Å². The molecule has 0 fully saturated rings. The van der Waals surface area contributed by atoms with E-state index in [0.29, 0.717) is 46.0 Å². The summed E-state index contributed by atoms with van der Waals surface area (Å²) >= 11 is 0. The summed E-state index contributed by atoms with van der Waals surface area (Å²) in [6.45, 7) is -2.20. The van der Waals surface area contributed by atoms with Crippen molar-refractivity contribution in [2.75, 3.05) is 53.6 Å². The molecule has 0 unspecified atom stereocenters. The fraction of sp³-hybridized carbons (Fsp3) is 0.243. The minimum Gasteiger partial charge on any atom is -0.461 e. The lowest BCUT2D eigenvalue weighted by molar-refractivity contribution is -0.0642. The fourth-order valence-corrected chi connectivity index (χ4v) is 5.55. The second kappa shape index (κ2) is 14.1. The van der Waals surface area contributed by atoms with Gasteiger partial charge in [-0.2, -0.15) is 0 Å². The second-order valence-electron chi connectivity index (χ2n) is 12.1. The van der Waals surface area contributed by atoms with Crippen molar-refractivity contribution in [3.8, 4) is 46.0 Å². The predicted octanol–water partition coefficient (Wildman–Crippen LogP) is 4.32. The Morgan fingerprint density at radius 3 is 0.849 bits per heavy atom. The zero-order chi connectivity index (χ0) is 36.4. The molecular weight excluding hydrogens is 700 g/mol. The number of ether oxygens (including phenoxy) is 12. The maximum Gasteiger partial charge on any atom is 0.338 e. The number of rotatable bonds is 12. The van der Waals surface area contributed by atoms with Crippen molar-refractivity contribution in [1.29, 1.82) is 0 Å². The average molecular weight is 729 g/mol. The molecule has 0 aromatic heterocycles. The van der Waals surface area contributed by atoms with E-state index in [1.165, 1.54) is 48.5 Å². The van der Waals surface area contributed by atoms with Crippen LogP contribution >= 0.6 is 0 Å². The highest BCUT2D eigenvalue weighted by atomic mass is 16.7. The van der Waals surface area contributed by atoms with Crippen LogP contribution in [-0.4, -0.2) is 77.5 Å². The van der Waals surface area contributed by atoms with Crippen LogP contribution in [0.5, 0.6) is 46.0 Å². The van der Waals surface area contributed by atoms with Gasteiger partial charge in [-0.15, -0.1) is 0 Å². The van der Waals surface area contributed by atoms with Gasteiger partial charge in [-0.25, -0.2) is 19.2 Å². The largest absolute Gasteiger partial charge is 0.461 e. The predicted molar refractivity (Wildman–Crippen MR) is 174 cm³/mol. The highest BCUT2D eigenvalue weighted by Crippen LogP contribution is 2.36. The van der Waals surface area contributed by atoms with Crippen molar-refractivity contribution in [3.63, 3.8) is 0 Å². The van der Waals surface area contributed by atoms with E-state index < -0.39 is 55.7 Å². The van der Waals surface area contributed by atoms with Crippen molar-refractivity contribution in [3.05, 3.63) is 95.1 Å². The molecule has 0 saturated heterocycles. The quantitative estimate of drug-likeness (QED) is 0.149. The summed E-state index contributed by atoms with van der Waals surface area (Å²) in [4.78, 5) is 53.5. The lowest BCUT2D eigenvalue weighted by Gasteiger charge is -2.31. The van der Waals surface area contributed by atoms with Crippen LogP contribution in [0.2, 0.25) is 0 Å². The summed E-state index contributed by atoms with van der Waals surface area (Å²) in [6.07, 6.45) is 0. The van der Waals surface area contributed by atoms with Gasteiger partial charge in [0.2, 0.25) is 27.2 Å². The van der Waals surface area contributed by atoms with E-state index in [1.54, 1.807) is 24.3 Å². The molecule has 4 heterocycles. The molecule has 16 heteroatoms. The van der Waals surface area contributed by atoms with Gasteiger partial charge in [0.25, 0.3) is 0 Å². The molecule has 4 aromatic rings.